The van der Waals surface area contributed by atoms with E-state index in [1.807, 2.05) is 0 Å². The van der Waals surface area contributed by atoms with Crippen molar-refractivity contribution in [3.05, 3.63) is 6.20 Å². The molecule has 1 heterocycles. The second-order valence-corrected chi connectivity index (χ2v) is 1.32. The second-order valence-electron chi connectivity index (χ2n) is 0.842. The van der Waals surface area contributed by atoms with Crippen LogP contribution in [0, 0.1) is 0 Å². The Morgan fingerprint density at radius 3 is 2.57 bits per heavy atom. The molecule has 7 heavy (non-hydrogen) atoms. The first-order valence-electron chi connectivity index (χ1n) is 1.44. The van der Waals surface area contributed by atoms with E-state index in [0.717, 1.165) is 0 Å². The number of aromatic nitrogens is 3. The normalized spacial score (nSPS) is 7.57. The number of hydrogen-bond acceptors (Lipinski definition) is 3. The maximum atomic E-state index is 3.85. The van der Waals surface area contributed by atoms with Crippen molar-refractivity contribution in [3.8, 4) is 0 Å². The number of aromatic amines is 1. The van der Waals surface area contributed by atoms with Crippen LogP contribution in [-0.2, 0) is 0 Å². The van der Waals surface area contributed by atoms with Gasteiger partial charge in [-0.05, 0) is 0 Å². The molecule has 34 valence electrons. The average molecular weight is 141 g/mol. The molecular weight excluding hydrogens is 137 g/mol. The van der Waals surface area contributed by atoms with Gasteiger partial charge in [-0.15, -0.1) is 17.7 Å². The standard InChI is InChI=1S/C2H3N3S.K.H/c6-2-1-3-5-4-2;;/h1H,(H2,3,4,5,6);;. The van der Waals surface area contributed by atoms with Crippen LogP contribution in [0.5, 0.6) is 0 Å². The van der Waals surface area contributed by atoms with Crippen LogP contribution in [0.1, 0.15) is 0 Å². The molecule has 5 heteroatoms. The molecule has 0 radical (unpaired) electrons. The van der Waals surface area contributed by atoms with Crippen molar-refractivity contribution in [2.75, 3.05) is 0 Å². The molecule has 0 bridgehead atoms. The number of H-pyrrole nitrogens is 1. The van der Waals surface area contributed by atoms with Crippen LogP contribution in [0.15, 0.2) is 11.2 Å². The predicted octanol–water partition coefficient (Wildman–Crippen LogP) is -0.555. The molecule has 0 aromatic carbocycles. The Morgan fingerprint density at radius 1 is 1.71 bits per heavy atom. The van der Waals surface area contributed by atoms with Crippen molar-refractivity contribution in [2.24, 2.45) is 0 Å². The van der Waals surface area contributed by atoms with Crippen molar-refractivity contribution in [2.45, 2.75) is 5.03 Å². The summed E-state index contributed by atoms with van der Waals surface area (Å²) < 4.78 is 0. The molecule has 3 nitrogen and oxygen atoms in total. The van der Waals surface area contributed by atoms with Crippen LogP contribution in [0.25, 0.3) is 0 Å². The van der Waals surface area contributed by atoms with Crippen LogP contribution >= 0.6 is 12.6 Å². The van der Waals surface area contributed by atoms with Gasteiger partial charge in [0.25, 0.3) is 0 Å². The molecule has 0 atom stereocenters. The summed E-state index contributed by atoms with van der Waals surface area (Å²) >= 11 is 3.85. The molecule has 1 aromatic rings. The molecule has 0 fully saturated rings. The minimum atomic E-state index is 0. The van der Waals surface area contributed by atoms with E-state index in [2.05, 4.69) is 28.0 Å². The Morgan fingerprint density at radius 2 is 2.43 bits per heavy atom. The number of hydrogen-bond donors (Lipinski definition) is 2. The third-order valence-corrected chi connectivity index (χ3v) is 0.618. The van der Waals surface area contributed by atoms with Crippen LogP contribution in [-0.4, -0.2) is 66.8 Å². The van der Waals surface area contributed by atoms with Gasteiger partial charge in [-0.25, -0.2) is 0 Å². The van der Waals surface area contributed by atoms with Gasteiger partial charge in [0.1, 0.15) is 5.03 Å². The van der Waals surface area contributed by atoms with Crippen LogP contribution in [0.4, 0.5) is 0 Å². The van der Waals surface area contributed by atoms with Gasteiger partial charge < -0.3 is 0 Å². The topological polar surface area (TPSA) is 41.6 Å². The van der Waals surface area contributed by atoms with Crippen molar-refractivity contribution in [1.29, 1.82) is 0 Å². The fourth-order valence-corrected chi connectivity index (χ4v) is 0.289. The van der Waals surface area contributed by atoms with E-state index in [1.165, 1.54) is 6.20 Å². The number of nitrogens with one attached hydrogen (secondary N) is 1. The average Bonchev–Trinajstić information content (AvgIpc) is 1.86. The van der Waals surface area contributed by atoms with Gasteiger partial charge in [0.05, 0.1) is 6.20 Å². The number of thiol groups is 1. The molecule has 0 saturated carbocycles. The molecule has 0 saturated heterocycles. The zero-order valence-electron chi connectivity index (χ0n) is 2.92. The first kappa shape index (κ1) is 8.13. The summed E-state index contributed by atoms with van der Waals surface area (Å²) in [4.78, 5) is 0. The fraction of sp³-hybridized carbons (Fsp3) is 0. The van der Waals surface area contributed by atoms with Crippen molar-refractivity contribution < 1.29 is 0 Å². The summed E-state index contributed by atoms with van der Waals surface area (Å²) in [5.74, 6) is 0. The van der Waals surface area contributed by atoms with Gasteiger partial charge in [-0.3, -0.25) is 5.10 Å². The van der Waals surface area contributed by atoms with Gasteiger partial charge in [-0.2, -0.15) is 0 Å². The Hall–Kier alpha value is 1.13. The summed E-state index contributed by atoms with van der Waals surface area (Å²) in [5, 5.41) is 10.0. The van der Waals surface area contributed by atoms with Crippen molar-refractivity contribution in [3.63, 3.8) is 0 Å². The number of rotatable bonds is 0. The molecule has 1 rings (SSSR count). The Kier molecular flexibility index (Phi) is 4.70. The zero-order chi connectivity index (χ0) is 4.41. The van der Waals surface area contributed by atoms with Gasteiger partial charge in [-0.1, -0.05) is 5.21 Å². The Bertz CT molecular complexity index is 116. The van der Waals surface area contributed by atoms with Crippen LogP contribution in [0.3, 0.4) is 0 Å². The van der Waals surface area contributed by atoms with Gasteiger partial charge in [0.15, 0.2) is 0 Å². The molecule has 0 unspecified atom stereocenters. The molecule has 0 aliphatic carbocycles. The van der Waals surface area contributed by atoms with E-state index < -0.39 is 0 Å². The SMILES string of the molecule is Sc1cnn[nH]1.[KH]. The van der Waals surface area contributed by atoms with E-state index in [0.29, 0.717) is 5.03 Å². The van der Waals surface area contributed by atoms with Crippen LogP contribution in [0.2, 0.25) is 0 Å². The van der Waals surface area contributed by atoms with E-state index in [-0.39, 0.29) is 51.4 Å². The third kappa shape index (κ3) is 2.84. The molecular formula is C2H4KN3S. The molecule has 0 aliphatic heterocycles. The van der Waals surface area contributed by atoms with E-state index in [1.54, 1.807) is 0 Å². The maximum absolute atomic E-state index is 3.85. The monoisotopic (exact) mass is 141 g/mol. The Balaban J connectivity index is 0.000000360. The molecule has 0 amide bonds. The number of nitrogens with zero attached hydrogens (tertiary/aromatic N) is 2. The Labute approximate surface area is 89.1 Å². The van der Waals surface area contributed by atoms with Crippen molar-refractivity contribution in [1.82, 2.24) is 15.4 Å². The third-order valence-electron chi connectivity index (χ3n) is 0.402. The van der Waals surface area contributed by atoms with E-state index in [4.69, 9.17) is 0 Å². The van der Waals surface area contributed by atoms with E-state index in [9.17, 15) is 0 Å². The molecule has 1 N–H and O–H groups in total. The first-order valence-corrected chi connectivity index (χ1v) is 1.89. The summed E-state index contributed by atoms with van der Waals surface area (Å²) in [7, 11) is 0. The van der Waals surface area contributed by atoms with Crippen LogP contribution < -0.4 is 0 Å². The summed E-state index contributed by atoms with van der Waals surface area (Å²) in [5.41, 5.74) is 0. The summed E-state index contributed by atoms with van der Waals surface area (Å²) in [6.07, 6.45) is 1.53. The fourth-order valence-electron chi connectivity index (χ4n) is 0.193. The predicted molar refractivity (Wildman–Crippen MR) is 30.8 cm³/mol. The van der Waals surface area contributed by atoms with E-state index >= 15 is 0 Å². The molecule has 1 aromatic heterocycles. The van der Waals surface area contributed by atoms with Gasteiger partial charge in [0.2, 0.25) is 0 Å². The summed E-state index contributed by atoms with van der Waals surface area (Å²) in [6, 6.07) is 0. The quantitative estimate of drug-likeness (QED) is 0.376. The summed E-state index contributed by atoms with van der Waals surface area (Å²) in [6.45, 7) is 0. The van der Waals surface area contributed by atoms with Gasteiger partial charge >= 0.3 is 51.4 Å². The van der Waals surface area contributed by atoms with Crippen molar-refractivity contribution >= 4 is 64.0 Å². The minimum absolute atomic E-state index is 0. The molecule has 0 spiro atoms. The zero-order valence-corrected chi connectivity index (χ0v) is 3.81. The second kappa shape index (κ2) is 4.05. The van der Waals surface area contributed by atoms with Gasteiger partial charge in [0, 0.05) is 0 Å². The first-order chi connectivity index (χ1) is 2.89. The molecule has 0 aliphatic rings.